The molecule has 1 fully saturated rings. The SMILES string of the molecule is Cc1ccc(S(=O)(=O)N2CCCCC2)cc1-c1ccco1. The van der Waals surface area contributed by atoms with E-state index in [2.05, 4.69) is 0 Å². The Morgan fingerprint density at radius 3 is 2.52 bits per heavy atom. The van der Waals surface area contributed by atoms with Crippen LogP contribution >= 0.6 is 0 Å². The smallest absolute Gasteiger partial charge is 0.243 e. The van der Waals surface area contributed by atoms with Crippen LogP contribution in [0.15, 0.2) is 45.9 Å². The average Bonchev–Trinajstić information content (AvgIpc) is 3.02. The molecule has 3 rings (SSSR count). The molecule has 2 heterocycles. The van der Waals surface area contributed by atoms with Gasteiger partial charge in [-0.1, -0.05) is 12.5 Å². The fraction of sp³-hybridized carbons (Fsp3) is 0.375. The van der Waals surface area contributed by atoms with E-state index in [0.29, 0.717) is 23.7 Å². The highest BCUT2D eigenvalue weighted by atomic mass is 32.2. The van der Waals surface area contributed by atoms with Gasteiger partial charge in [0.25, 0.3) is 0 Å². The van der Waals surface area contributed by atoms with E-state index >= 15 is 0 Å². The van der Waals surface area contributed by atoms with Crippen molar-refractivity contribution in [3.63, 3.8) is 0 Å². The van der Waals surface area contributed by atoms with E-state index in [1.54, 1.807) is 28.8 Å². The third kappa shape index (κ3) is 2.76. The van der Waals surface area contributed by atoms with E-state index in [0.717, 1.165) is 30.4 Å². The first-order valence-corrected chi connectivity index (χ1v) is 8.68. The lowest BCUT2D eigenvalue weighted by atomic mass is 10.1. The molecule has 1 aliphatic heterocycles. The van der Waals surface area contributed by atoms with Crippen molar-refractivity contribution in [3.8, 4) is 11.3 Å². The molecule has 0 saturated carbocycles. The summed E-state index contributed by atoms with van der Waals surface area (Å²) in [7, 11) is -3.40. The van der Waals surface area contributed by atoms with E-state index in [1.807, 2.05) is 19.1 Å². The van der Waals surface area contributed by atoms with Crippen molar-refractivity contribution in [2.45, 2.75) is 31.1 Å². The van der Waals surface area contributed by atoms with Crippen LogP contribution in [0.1, 0.15) is 24.8 Å². The minimum atomic E-state index is -3.40. The van der Waals surface area contributed by atoms with Crippen molar-refractivity contribution in [1.29, 1.82) is 0 Å². The van der Waals surface area contributed by atoms with E-state index in [1.165, 1.54) is 0 Å². The Hall–Kier alpha value is -1.59. The number of benzene rings is 1. The van der Waals surface area contributed by atoms with Crippen LogP contribution in [-0.2, 0) is 10.0 Å². The molecule has 0 N–H and O–H groups in total. The minimum absolute atomic E-state index is 0.349. The Balaban J connectivity index is 2.01. The molecule has 0 spiro atoms. The second-order valence-corrected chi connectivity index (χ2v) is 7.36. The molecule has 0 radical (unpaired) electrons. The monoisotopic (exact) mass is 305 g/mol. The van der Waals surface area contributed by atoms with Crippen LogP contribution in [0.3, 0.4) is 0 Å². The predicted molar refractivity (Wildman–Crippen MR) is 81.5 cm³/mol. The molecule has 112 valence electrons. The summed E-state index contributed by atoms with van der Waals surface area (Å²) in [6.07, 6.45) is 4.59. The van der Waals surface area contributed by atoms with Gasteiger partial charge in [-0.15, -0.1) is 0 Å². The quantitative estimate of drug-likeness (QED) is 0.873. The molecule has 5 heteroatoms. The highest BCUT2D eigenvalue weighted by Crippen LogP contribution is 2.28. The van der Waals surface area contributed by atoms with E-state index in [4.69, 9.17) is 4.42 Å². The van der Waals surface area contributed by atoms with Crippen LogP contribution < -0.4 is 0 Å². The van der Waals surface area contributed by atoms with Crippen LogP contribution in [0.25, 0.3) is 11.3 Å². The van der Waals surface area contributed by atoms with Crippen LogP contribution in [0.5, 0.6) is 0 Å². The number of sulfonamides is 1. The van der Waals surface area contributed by atoms with Crippen molar-refractivity contribution in [2.24, 2.45) is 0 Å². The Morgan fingerprint density at radius 2 is 1.86 bits per heavy atom. The summed E-state index contributed by atoms with van der Waals surface area (Å²) in [5, 5.41) is 0. The maximum Gasteiger partial charge on any atom is 0.243 e. The zero-order valence-corrected chi connectivity index (χ0v) is 12.9. The molecule has 0 atom stereocenters. The number of furan rings is 1. The molecule has 0 aliphatic carbocycles. The molecule has 0 unspecified atom stereocenters. The second-order valence-electron chi connectivity index (χ2n) is 5.42. The van der Waals surface area contributed by atoms with Crippen LogP contribution in [-0.4, -0.2) is 25.8 Å². The summed E-state index contributed by atoms with van der Waals surface area (Å²) in [4.78, 5) is 0.349. The predicted octanol–water partition coefficient (Wildman–Crippen LogP) is 3.43. The van der Waals surface area contributed by atoms with Gasteiger partial charge < -0.3 is 4.42 Å². The fourth-order valence-corrected chi connectivity index (χ4v) is 4.26. The highest BCUT2D eigenvalue weighted by Gasteiger charge is 2.26. The zero-order chi connectivity index (χ0) is 14.9. The Labute approximate surface area is 125 Å². The number of hydrogen-bond donors (Lipinski definition) is 0. The number of rotatable bonds is 3. The number of aryl methyl sites for hydroxylation is 1. The maximum absolute atomic E-state index is 12.7. The molecular weight excluding hydrogens is 286 g/mol. The lowest BCUT2D eigenvalue weighted by molar-refractivity contribution is 0.346. The molecular formula is C16H19NO3S. The number of piperidine rings is 1. The van der Waals surface area contributed by atoms with E-state index in [-0.39, 0.29) is 0 Å². The van der Waals surface area contributed by atoms with Gasteiger partial charge >= 0.3 is 0 Å². The molecule has 1 aliphatic rings. The minimum Gasteiger partial charge on any atom is -0.464 e. The Bertz CT molecular complexity index is 714. The topological polar surface area (TPSA) is 50.5 Å². The average molecular weight is 305 g/mol. The van der Waals surface area contributed by atoms with Gasteiger partial charge in [0, 0.05) is 18.7 Å². The van der Waals surface area contributed by atoms with Gasteiger partial charge in [0.1, 0.15) is 5.76 Å². The van der Waals surface area contributed by atoms with E-state index in [9.17, 15) is 8.42 Å². The number of hydrogen-bond acceptors (Lipinski definition) is 3. The standard InChI is InChI=1S/C16H19NO3S/c1-13-7-8-14(12-15(13)16-6-5-11-20-16)21(18,19)17-9-3-2-4-10-17/h5-8,11-12H,2-4,9-10H2,1H3. The molecule has 0 amide bonds. The number of nitrogens with zero attached hydrogens (tertiary/aromatic N) is 1. The molecule has 1 saturated heterocycles. The van der Waals surface area contributed by atoms with Gasteiger partial charge in [-0.05, 0) is 49.6 Å². The lowest BCUT2D eigenvalue weighted by Crippen LogP contribution is -2.35. The van der Waals surface area contributed by atoms with Gasteiger partial charge in [-0.2, -0.15) is 4.31 Å². The van der Waals surface area contributed by atoms with Crippen LogP contribution in [0.4, 0.5) is 0 Å². The first kappa shape index (κ1) is 14.4. The summed E-state index contributed by atoms with van der Waals surface area (Å²) >= 11 is 0. The van der Waals surface area contributed by atoms with Gasteiger partial charge in [0.2, 0.25) is 10.0 Å². The third-order valence-corrected chi connectivity index (χ3v) is 5.84. The second kappa shape index (κ2) is 5.66. The summed E-state index contributed by atoms with van der Waals surface area (Å²) in [5.74, 6) is 0.697. The van der Waals surface area contributed by atoms with Crippen molar-refractivity contribution >= 4 is 10.0 Å². The largest absolute Gasteiger partial charge is 0.464 e. The first-order valence-electron chi connectivity index (χ1n) is 7.24. The third-order valence-electron chi connectivity index (χ3n) is 3.95. The molecule has 4 nitrogen and oxygen atoms in total. The Kier molecular flexibility index (Phi) is 3.87. The fourth-order valence-electron chi connectivity index (χ4n) is 2.71. The normalized spacial score (nSPS) is 17.0. The lowest BCUT2D eigenvalue weighted by Gasteiger charge is -2.26. The molecule has 21 heavy (non-hydrogen) atoms. The van der Waals surface area contributed by atoms with E-state index < -0.39 is 10.0 Å². The highest BCUT2D eigenvalue weighted by molar-refractivity contribution is 7.89. The Morgan fingerprint density at radius 1 is 1.10 bits per heavy atom. The summed E-state index contributed by atoms with van der Waals surface area (Å²) in [6, 6.07) is 8.90. The van der Waals surface area contributed by atoms with Crippen molar-refractivity contribution in [3.05, 3.63) is 42.2 Å². The van der Waals surface area contributed by atoms with Crippen LogP contribution in [0.2, 0.25) is 0 Å². The van der Waals surface area contributed by atoms with Crippen molar-refractivity contribution in [2.75, 3.05) is 13.1 Å². The van der Waals surface area contributed by atoms with Crippen LogP contribution in [0, 0.1) is 6.92 Å². The first-order chi connectivity index (χ1) is 10.1. The maximum atomic E-state index is 12.7. The molecule has 1 aromatic carbocycles. The van der Waals surface area contributed by atoms with Crippen molar-refractivity contribution < 1.29 is 12.8 Å². The zero-order valence-electron chi connectivity index (χ0n) is 12.1. The van der Waals surface area contributed by atoms with Gasteiger partial charge in [-0.25, -0.2) is 8.42 Å². The molecule has 1 aromatic heterocycles. The van der Waals surface area contributed by atoms with Gasteiger partial charge in [0.05, 0.1) is 11.2 Å². The summed E-state index contributed by atoms with van der Waals surface area (Å²) in [5.41, 5.74) is 1.83. The molecule has 0 bridgehead atoms. The summed E-state index contributed by atoms with van der Waals surface area (Å²) < 4.78 is 32.4. The van der Waals surface area contributed by atoms with Crippen molar-refractivity contribution in [1.82, 2.24) is 4.31 Å². The van der Waals surface area contributed by atoms with Gasteiger partial charge in [-0.3, -0.25) is 0 Å². The molecule has 2 aromatic rings. The van der Waals surface area contributed by atoms with Gasteiger partial charge in [0.15, 0.2) is 0 Å². The summed E-state index contributed by atoms with van der Waals surface area (Å²) in [6.45, 7) is 3.19.